The molecule has 5 atom stereocenters. The molecule has 2 aromatic rings. The lowest BCUT2D eigenvalue weighted by Crippen LogP contribution is -2.59. The van der Waals surface area contributed by atoms with Crippen LogP contribution in [0.25, 0.3) is 6.08 Å². The van der Waals surface area contributed by atoms with Crippen LogP contribution >= 0.6 is 11.6 Å². The van der Waals surface area contributed by atoms with Crippen LogP contribution < -0.4 is 14.2 Å². The Morgan fingerprint density at radius 3 is 2.49 bits per heavy atom. The fourth-order valence-electron chi connectivity index (χ4n) is 3.79. The summed E-state index contributed by atoms with van der Waals surface area (Å²) in [5, 5.41) is 30.9. The van der Waals surface area contributed by atoms with Gasteiger partial charge < -0.3 is 43.7 Å². The van der Waals surface area contributed by atoms with Gasteiger partial charge in [-0.15, -0.1) is 11.6 Å². The third-order valence-corrected chi connectivity index (χ3v) is 6.17. The lowest BCUT2D eigenvalue weighted by molar-refractivity contribution is -0.301. The Morgan fingerprint density at radius 1 is 1.05 bits per heavy atom. The van der Waals surface area contributed by atoms with Gasteiger partial charge in [0.15, 0.2) is 17.8 Å². The van der Waals surface area contributed by atoms with Crippen molar-refractivity contribution < 1.29 is 53.3 Å². The highest BCUT2D eigenvalue weighted by atomic mass is 35.5. The number of aliphatic hydroxyl groups is 3. The summed E-state index contributed by atoms with van der Waals surface area (Å²) in [6, 6.07) is 12.0. The quantitative estimate of drug-likeness (QED) is 0.0972. The summed E-state index contributed by atoms with van der Waals surface area (Å²) in [5.41, 5.74) is 1.49. The van der Waals surface area contributed by atoms with E-state index in [1.165, 1.54) is 19.3 Å². The van der Waals surface area contributed by atoms with Gasteiger partial charge in [-0.3, -0.25) is 4.79 Å². The van der Waals surface area contributed by atoms with Crippen molar-refractivity contribution in [2.75, 3.05) is 32.8 Å². The van der Waals surface area contributed by atoms with Crippen LogP contribution in [0.1, 0.15) is 11.1 Å². The summed E-state index contributed by atoms with van der Waals surface area (Å²) in [6.45, 7) is 3.75. The first kappa shape index (κ1) is 32.1. The normalized spacial score (nSPS) is 22.2. The van der Waals surface area contributed by atoms with Crippen molar-refractivity contribution in [1.29, 1.82) is 0 Å². The molecule has 0 amide bonds. The zero-order chi connectivity index (χ0) is 29.8. The van der Waals surface area contributed by atoms with E-state index in [4.69, 9.17) is 40.0 Å². The van der Waals surface area contributed by atoms with E-state index < -0.39 is 49.3 Å². The summed E-state index contributed by atoms with van der Waals surface area (Å²) < 4.78 is 32.1. The van der Waals surface area contributed by atoms with Gasteiger partial charge in [0, 0.05) is 6.08 Å². The molecule has 0 aromatic heterocycles. The van der Waals surface area contributed by atoms with Gasteiger partial charge in [-0.05, 0) is 47.9 Å². The van der Waals surface area contributed by atoms with Crippen LogP contribution in [0.15, 0.2) is 61.2 Å². The number of methoxy groups -OCH3 is 1. The largest absolute Gasteiger partial charge is 0.493 e. The first-order valence-corrected chi connectivity index (χ1v) is 13.2. The minimum Gasteiger partial charge on any atom is -0.493 e. The van der Waals surface area contributed by atoms with Crippen LogP contribution in [0.5, 0.6) is 17.2 Å². The molecule has 0 spiro atoms. The van der Waals surface area contributed by atoms with E-state index in [1.807, 2.05) is 24.3 Å². The standard InChI is InChI=1S/C29H33ClO11/c1-3-13-37-20-8-4-18(5-9-20)12-14-38-29-28(35)27(34)26(33)23(41-29)17-39-24(31)11-7-19-6-10-21(22(15-19)36-2)40-25(32)16-30/h3-11,15,23,26-29,33-35H,1,12-14,16-17H2,2H3/b11-7+/t23-,26-,27+,28-,29-/m1/s1. The average Bonchev–Trinajstić information content (AvgIpc) is 2.99. The molecule has 1 aliphatic heterocycles. The lowest BCUT2D eigenvalue weighted by atomic mass is 9.99. The highest BCUT2D eigenvalue weighted by Gasteiger charge is 2.44. The maximum Gasteiger partial charge on any atom is 0.330 e. The SMILES string of the molecule is C=CCOc1ccc(CCO[C@@H]2O[C@H](COC(=O)/C=C/c3ccc(OC(=O)CCl)c(OC)c3)[C@@H](O)[C@H](O)[C@H]2O)cc1. The number of aliphatic hydroxyl groups excluding tert-OH is 3. The van der Waals surface area contributed by atoms with Crippen molar-refractivity contribution in [3.05, 3.63) is 72.3 Å². The summed E-state index contributed by atoms with van der Waals surface area (Å²) in [6.07, 6.45) is -2.27. The van der Waals surface area contributed by atoms with Crippen LogP contribution in [0, 0.1) is 0 Å². The van der Waals surface area contributed by atoms with E-state index in [9.17, 15) is 24.9 Å². The number of rotatable bonds is 14. The van der Waals surface area contributed by atoms with Crippen molar-refractivity contribution >= 4 is 29.6 Å². The summed E-state index contributed by atoms with van der Waals surface area (Å²) in [7, 11) is 1.39. The predicted octanol–water partition coefficient (Wildman–Crippen LogP) is 2.03. The third kappa shape index (κ3) is 9.56. The van der Waals surface area contributed by atoms with Crippen LogP contribution in [-0.4, -0.2) is 90.8 Å². The molecule has 0 saturated carbocycles. The molecule has 2 aromatic carbocycles. The Kier molecular flexibility index (Phi) is 12.6. The number of alkyl halides is 1. The Balaban J connectivity index is 1.50. The number of halogens is 1. The molecule has 11 nitrogen and oxygen atoms in total. The van der Waals surface area contributed by atoms with Gasteiger partial charge in [0.25, 0.3) is 0 Å². The second-order valence-electron chi connectivity index (χ2n) is 8.86. The van der Waals surface area contributed by atoms with Crippen molar-refractivity contribution in [3.63, 3.8) is 0 Å². The fourth-order valence-corrected chi connectivity index (χ4v) is 3.85. The maximum absolute atomic E-state index is 12.3. The average molecular weight is 593 g/mol. The topological polar surface area (TPSA) is 150 Å². The first-order chi connectivity index (χ1) is 19.7. The van der Waals surface area contributed by atoms with Gasteiger partial charge in [-0.1, -0.05) is 30.9 Å². The fraction of sp³-hybridized carbons (Fsp3) is 0.379. The molecule has 0 aliphatic carbocycles. The smallest absolute Gasteiger partial charge is 0.330 e. The molecule has 3 N–H and O–H groups in total. The number of carbonyl (C=O) groups is 2. The number of hydrogen-bond donors (Lipinski definition) is 3. The zero-order valence-electron chi connectivity index (χ0n) is 22.4. The van der Waals surface area contributed by atoms with Crippen molar-refractivity contribution in [3.8, 4) is 17.2 Å². The number of hydrogen-bond acceptors (Lipinski definition) is 11. The van der Waals surface area contributed by atoms with Gasteiger partial charge in [-0.2, -0.15) is 0 Å². The van der Waals surface area contributed by atoms with Crippen LogP contribution in [0.3, 0.4) is 0 Å². The third-order valence-electron chi connectivity index (χ3n) is 5.95. The molecule has 0 bridgehead atoms. The van der Waals surface area contributed by atoms with Gasteiger partial charge in [0.2, 0.25) is 0 Å². The predicted molar refractivity (Wildman–Crippen MR) is 148 cm³/mol. The number of benzene rings is 2. The van der Waals surface area contributed by atoms with Crippen LogP contribution in [0.4, 0.5) is 0 Å². The Hall–Kier alpha value is -3.45. The molecule has 1 heterocycles. The molecule has 222 valence electrons. The number of carbonyl (C=O) groups excluding carboxylic acids is 2. The summed E-state index contributed by atoms with van der Waals surface area (Å²) >= 11 is 5.45. The first-order valence-electron chi connectivity index (χ1n) is 12.7. The second kappa shape index (κ2) is 16.1. The second-order valence-corrected chi connectivity index (χ2v) is 9.13. The Morgan fingerprint density at radius 2 is 1.80 bits per heavy atom. The van der Waals surface area contributed by atoms with E-state index in [-0.39, 0.29) is 24.0 Å². The van der Waals surface area contributed by atoms with Crippen molar-refractivity contribution in [2.24, 2.45) is 0 Å². The Labute approximate surface area is 242 Å². The van der Waals surface area contributed by atoms with E-state index >= 15 is 0 Å². The molecule has 0 radical (unpaired) electrons. The van der Waals surface area contributed by atoms with Crippen LogP contribution in [0.2, 0.25) is 0 Å². The molecule has 1 aliphatic rings. The molecule has 41 heavy (non-hydrogen) atoms. The molecule has 12 heteroatoms. The molecule has 1 fully saturated rings. The molecular weight excluding hydrogens is 560 g/mol. The van der Waals surface area contributed by atoms with Crippen LogP contribution in [-0.2, 0) is 30.2 Å². The van der Waals surface area contributed by atoms with Gasteiger partial charge in [-0.25, -0.2) is 4.79 Å². The lowest BCUT2D eigenvalue weighted by Gasteiger charge is -2.39. The number of ether oxygens (including phenoxy) is 6. The number of esters is 2. The zero-order valence-corrected chi connectivity index (χ0v) is 23.1. The van der Waals surface area contributed by atoms with E-state index in [0.29, 0.717) is 24.3 Å². The maximum atomic E-state index is 12.3. The summed E-state index contributed by atoms with van der Waals surface area (Å²) in [4.78, 5) is 23.7. The highest BCUT2D eigenvalue weighted by Crippen LogP contribution is 2.29. The van der Waals surface area contributed by atoms with Crippen molar-refractivity contribution in [2.45, 2.75) is 37.1 Å². The minimum atomic E-state index is -1.58. The molecule has 3 rings (SSSR count). The van der Waals surface area contributed by atoms with E-state index in [2.05, 4.69) is 6.58 Å². The monoisotopic (exact) mass is 592 g/mol. The van der Waals surface area contributed by atoms with E-state index in [0.717, 1.165) is 11.6 Å². The highest BCUT2D eigenvalue weighted by molar-refractivity contribution is 6.26. The minimum absolute atomic E-state index is 0.153. The van der Waals surface area contributed by atoms with Crippen molar-refractivity contribution in [1.82, 2.24) is 0 Å². The molecule has 1 saturated heterocycles. The summed E-state index contributed by atoms with van der Waals surface area (Å²) in [5.74, 6) is -0.588. The van der Waals surface area contributed by atoms with E-state index in [1.54, 1.807) is 18.2 Å². The Bertz CT molecular complexity index is 1180. The van der Waals surface area contributed by atoms with Gasteiger partial charge in [0.05, 0.1) is 13.7 Å². The molecular formula is C29H33ClO11. The van der Waals surface area contributed by atoms with Gasteiger partial charge >= 0.3 is 11.9 Å². The van der Waals surface area contributed by atoms with Gasteiger partial charge in [0.1, 0.15) is 49.3 Å². The molecule has 0 unspecified atom stereocenters.